The minimum absolute atomic E-state index is 0.0521. The lowest BCUT2D eigenvalue weighted by Gasteiger charge is -2.22. The fourth-order valence-electron chi connectivity index (χ4n) is 3.43. The highest BCUT2D eigenvalue weighted by atomic mass is 35.5. The zero-order chi connectivity index (χ0) is 21.8. The maximum atomic E-state index is 13.1. The van der Waals surface area contributed by atoms with E-state index in [0.29, 0.717) is 39.4 Å². The third kappa shape index (κ3) is 4.94. The molecule has 7 heteroatoms. The van der Waals surface area contributed by atoms with Gasteiger partial charge in [0.05, 0.1) is 18.2 Å². The molecule has 1 heterocycles. The number of nitrogens with zero attached hydrogens (tertiary/aromatic N) is 1. The first kappa shape index (κ1) is 21.5. The molecule has 4 nitrogen and oxygen atoms in total. The highest BCUT2D eigenvalue weighted by Crippen LogP contribution is 2.37. The van der Waals surface area contributed by atoms with Gasteiger partial charge >= 0.3 is 0 Å². The third-order valence-corrected chi connectivity index (χ3v) is 5.53. The zero-order valence-corrected chi connectivity index (χ0v) is 18.1. The van der Waals surface area contributed by atoms with Crippen LogP contribution in [0.3, 0.4) is 0 Å². The molecule has 3 aromatic rings. The first-order chi connectivity index (χ1) is 15.0. The van der Waals surface area contributed by atoms with Gasteiger partial charge in [0.25, 0.3) is 5.91 Å². The monoisotopic (exact) mass is 459 g/mol. The summed E-state index contributed by atoms with van der Waals surface area (Å²) < 4.78 is 24.7. The van der Waals surface area contributed by atoms with Crippen molar-refractivity contribution in [2.24, 2.45) is 0 Å². The molecule has 0 bridgehead atoms. The Hall–Kier alpha value is -2.76. The molecule has 0 saturated heterocycles. The standard InChI is InChI=1S/C24H20Cl2FNO3/c25-18-5-7-19(8-6-18)28(12-11-27)24(29)16-3-9-20(10-4-16)31-23-15-22-17(14-21(23)26)2-1-13-30-22/h3-10,14-15H,1-2,11-13H2. The van der Waals surface area contributed by atoms with E-state index in [2.05, 4.69) is 0 Å². The van der Waals surface area contributed by atoms with Crippen LogP contribution in [0, 0.1) is 0 Å². The minimum atomic E-state index is -0.658. The second-order valence-corrected chi connectivity index (χ2v) is 7.93. The zero-order valence-electron chi connectivity index (χ0n) is 16.6. The number of fused-ring (bicyclic) bond motifs is 1. The summed E-state index contributed by atoms with van der Waals surface area (Å²) in [6.45, 7) is -0.0359. The van der Waals surface area contributed by atoms with Crippen LogP contribution in [0.15, 0.2) is 60.7 Å². The molecule has 1 aliphatic rings. The van der Waals surface area contributed by atoms with Crippen LogP contribution in [-0.4, -0.2) is 25.7 Å². The Kier molecular flexibility index (Phi) is 6.64. The van der Waals surface area contributed by atoms with Crippen LogP contribution >= 0.6 is 23.2 Å². The number of anilines is 1. The molecule has 1 aliphatic heterocycles. The van der Waals surface area contributed by atoms with Gasteiger partial charge in [-0.3, -0.25) is 4.79 Å². The molecule has 0 aromatic heterocycles. The number of carbonyl (C=O) groups is 1. The average molecular weight is 460 g/mol. The highest BCUT2D eigenvalue weighted by Gasteiger charge is 2.19. The molecule has 0 unspecified atom stereocenters. The van der Waals surface area contributed by atoms with Gasteiger partial charge in [0.2, 0.25) is 0 Å². The van der Waals surface area contributed by atoms with Crippen molar-refractivity contribution < 1.29 is 18.7 Å². The lowest BCUT2D eigenvalue weighted by atomic mass is 10.1. The fourth-order valence-corrected chi connectivity index (χ4v) is 3.78. The van der Waals surface area contributed by atoms with Crippen LogP contribution < -0.4 is 14.4 Å². The third-order valence-electron chi connectivity index (χ3n) is 4.98. The van der Waals surface area contributed by atoms with Crippen LogP contribution in [-0.2, 0) is 6.42 Å². The molecule has 0 fully saturated rings. The minimum Gasteiger partial charge on any atom is -0.493 e. The van der Waals surface area contributed by atoms with E-state index in [9.17, 15) is 9.18 Å². The van der Waals surface area contributed by atoms with Gasteiger partial charge in [0.15, 0.2) is 0 Å². The summed E-state index contributed by atoms with van der Waals surface area (Å²) in [5.74, 6) is 1.48. The van der Waals surface area contributed by atoms with Gasteiger partial charge in [0.1, 0.15) is 23.9 Å². The number of hydrogen-bond acceptors (Lipinski definition) is 3. The summed E-state index contributed by atoms with van der Waals surface area (Å²) in [5, 5.41) is 1.05. The Morgan fingerprint density at radius 3 is 2.52 bits per heavy atom. The lowest BCUT2D eigenvalue weighted by Crippen LogP contribution is -2.32. The SMILES string of the molecule is O=C(c1ccc(Oc2cc3c(cc2Cl)CCCO3)cc1)N(CCF)c1ccc(Cl)cc1. The molecule has 0 atom stereocenters. The Morgan fingerprint density at radius 1 is 1.06 bits per heavy atom. The van der Waals surface area contributed by atoms with E-state index < -0.39 is 6.67 Å². The van der Waals surface area contributed by atoms with Crippen LogP contribution in [0.1, 0.15) is 22.3 Å². The number of amides is 1. The number of ether oxygens (including phenoxy) is 2. The van der Waals surface area contributed by atoms with Crippen LogP contribution in [0.2, 0.25) is 10.0 Å². The smallest absolute Gasteiger partial charge is 0.258 e. The van der Waals surface area contributed by atoms with Crippen molar-refractivity contribution in [3.05, 3.63) is 81.8 Å². The second kappa shape index (κ2) is 9.58. The van der Waals surface area contributed by atoms with Crippen LogP contribution in [0.5, 0.6) is 17.2 Å². The van der Waals surface area contributed by atoms with Gasteiger partial charge in [-0.2, -0.15) is 0 Å². The molecule has 3 aromatic carbocycles. The highest BCUT2D eigenvalue weighted by molar-refractivity contribution is 6.32. The van der Waals surface area contributed by atoms with Crippen molar-refractivity contribution in [3.63, 3.8) is 0 Å². The van der Waals surface area contributed by atoms with Gasteiger partial charge < -0.3 is 14.4 Å². The van der Waals surface area contributed by atoms with Crippen molar-refractivity contribution >= 4 is 34.8 Å². The second-order valence-electron chi connectivity index (χ2n) is 7.09. The van der Waals surface area contributed by atoms with Gasteiger partial charge in [-0.1, -0.05) is 23.2 Å². The molecule has 1 amide bonds. The topological polar surface area (TPSA) is 38.8 Å². The molecular weight excluding hydrogens is 440 g/mol. The fraction of sp³-hybridized carbons (Fsp3) is 0.208. The van der Waals surface area contributed by atoms with E-state index >= 15 is 0 Å². The molecule has 0 N–H and O–H groups in total. The van der Waals surface area contributed by atoms with Crippen LogP contribution in [0.4, 0.5) is 10.1 Å². The Labute approximate surface area is 190 Å². The summed E-state index contributed by atoms with van der Waals surface area (Å²) in [6, 6.07) is 17.0. The van der Waals surface area contributed by atoms with Crippen molar-refractivity contribution in [1.82, 2.24) is 0 Å². The number of benzene rings is 3. The molecule has 160 valence electrons. The summed E-state index contributed by atoms with van der Waals surface area (Å²) in [6.07, 6.45) is 1.89. The van der Waals surface area contributed by atoms with Crippen molar-refractivity contribution in [2.75, 3.05) is 24.7 Å². The molecule has 4 rings (SSSR count). The van der Waals surface area contributed by atoms with E-state index in [1.165, 1.54) is 4.90 Å². The van der Waals surface area contributed by atoms with Crippen LogP contribution in [0.25, 0.3) is 0 Å². The van der Waals surface area contributed by atoms with Gasteiger partial charge in [0, 0.05) is 22.3 Å². The van der Waals surface area contributed by atoms with E-state index in [1.54, 1.807) is 54.6 Å². The first-order valence-electron chi connectivity index (χ1n) is 9.91. The van der Waals surface area contributed by atoms with E-state index in [4.69, 9.17) is 32.7 Å². The van der Waals surface area contributed by atoms with Gasteiger partial charge in [-0.05, 0) is 73.0 Å². The maximum absolute atomic E-state index is 13.1. The lowest BCUT2D eigenvalue weighted by molar-refractivity contribution is 0.0985. The summed E-state index contributed by atoms with van der Waals surface area (Å²) >= 11 is 12.3. The van der Waals surface area contributed by atoms with E-state index in [-0.39, 0.29) is 12.5 Å². The molecule has 0 spiro atoms. The molecule has 0 radical (unpaired) electrons. The predicted molar refractivity (Wildman–Crippen MR) is 121 cm³/mol. The van der Waals surface area contributed by atoms with Crippen molar-refractivity contribution in [2.45, 2.75) is 12.8 Å². The van der Waals surface area contributed by atoms with Crippen molar-refractivity contribution in [3.8, 4) is 17.2 Å². The molecular formula is C24H20Cl2FNO3. The van der Waals surface area contributed by atoms with E-state index in [0.717, 1.165) is 24.2 Å². The average Bonchev–Trinajstić information content (AvgIpc) is 2.79. The Balaban J connectivity index is 1.52. The predicted octanol–water partition coefficient (Wildman–Crippen LogP) is 6.73. The largest absolute Gasteiger partial charge is 0.493 e. The molecule has 31 heavy (non-hydrogen) atoms. The van der Waals surface area contributed by atoms with Gasteiger partial charge in [-0.15, -0.1) is 0 Å². The number of aryl methyl sites for hydroxylation is 1. The maximum Gasteiger partial charge on any atom is 0.258 e. The molecule has 0 saturated carbocycles. The molecule has 0 aliphatic carbocycles. The Morgan fingerprint density at radius 2 is 1.81 bits per heavy atom. The number of carbonyl (C=O) groups excluding carboxylic acids is 1. The summed E-state index contributed by atoms with van der Waals surface area (Å²) in [7, 11) is 0. The van der Waals surface area contributed by atoms with E-state index in [1.807, 2.05) is 6.07 Å². The summed E-state index contributed by atoms with van der Waals surface area (Å²) in [4.78, 5) is 14.3. The summed E-state index contributed by atoms with van der Waals surface area (Å²) in [5.41, 5.74) is 2.06. The number of alkyl halides is 1. The van der Waals surface area contributed by atoms with Crippen molar-refractivity contribution in [1.29, 1.82) is 0 Å². The number of hydrogen-bond donors (Lipinski definition) is 0. The Bertz CT molecular complexity index is 1070. The number of rotatable bonds is 6. The quantitative estimate of drug-likeness (QED) is 0.410. The normalized spacial score (nSPS) is 12.6. The number of halogens is 3. The van der Waals surface area contributed by atoms with Gasteiger partial charge in [-0.25, -0.2) is 4.39 Å². The first-order valence-corrected chi connectivity index (χ1v) is 10.7.